The number of rotatable bonds is 5. The number of nitrogens with one attached hydrogen (secondary N) is 1. The molecule has 7 nitrogen and oxygen atoms in total. The third kappa shape index (κ3) is 4.55. The van der Waals surface area contributed by atoms with Crippen LogP contribution >= 0.6 is 11.8 Å². The van der Waals surface area contributed by atoms with Gasteiger partial charge in [0.1, 0.15) is 5.82 Å². The monoisotopic (exact) mass is 386 g/mol. The average Bonchev–Trinajstić information content (AvgIpc) is 3.10. The Kier molecular flexibility index (Phi) is 5.72. The second-order valence-electron chi connectivity index (χ2n) is 7.22. The Bertz CT molecular complexity index is 732. The molecule has 0 radical (unpaired) electrons. The van der Waals surface area contributed by atoms with Crippen LogP contribution in [0.1, 0.15) is 50.8 Å². The topological polar surface area (TPSA) is 94.0 Å². The summed E-state index contributed by atoms with van der Waals surface area (Å²) in [5, 5.41) is 12.1. The summed E-state index contributed by atoms with van der Waals surface area (Å²) in [6, 6.07) is 0.278. The van der Waals surface area contributed by atoms with E-state index in [0.29, 0.717) is 29.1 Å². The van der Waals surface area contributed by atoms with E-state index in [1.165, 1.54) is 31.0 Å². The summed E-state index contributed by atoms with van der Waals surface area (Å²) in [4.78, 5) is 12.2. The summed E-state index contributed by atoms with van der Waals surface area (Å²) in [5.74, 6) is 1.83. The number of sulfone groups is 1. The van der Waals surface area contributed by atoms with Gasteiger partial charge in [0, 0.05) is 19.0 Å². The van der Waals surface area contributed by atoms with E-state index in [9.17, 15) is 13.2 Å². The van der Waals surface area contributed by atoms with Gasteiger partial charge in [-0.15, -0.1) is 10.2 Å². The number of nitrogens with zero attached hydrogens (tertiary/aromatic N) is 3. The van der Waals surface area contributed by atoms with E-state index in [1.54, 1.807) is 0 Å². The Balaban J connectivity index is 1.54. The van der Waals surface area contributed by atoms with E-state index < -0.39 is 9.84 Å². The summed E-state index contributed by atoms with van der Waals surface area (Å²) >= 11 is 1.35. The van der Waals surface area contributed by atoms with Gasteiger partial charge in [-0.05, 0) is 25.2 Å². The lowest BCUT2D eigenvalue weighted by Gasteiger charge is -2.29. The number of aromatic nitrogens is 3. The smallest absolute Gasteiger partial charge is 0.230 e. The predicted molar refractivity (Wildman–Crippen MR) is 97.3 cm³/mol. The lowest BCUT2D eigenvalue weighted by molar-refractivity contribution is -0.119. The van der Waals surface area contributed by atoms with Crippen LogP contribution in [0.2, 0.25) is 0 Å². The van der Waals surface area contributed by atoms with Gasteiger partial charge in [0.25, 0.3) is 0 Å². The summed E-state index contributed by atoms with van der Waals surface area (Å²) in [5.41, 5.74) is 0. The van der Waals surface area contributed by atoms with Gasteiger partial charge < -0.3 is 9.88 Å². The molecule has 0 unspecified atom stereocenters. The van der Waals surface area contributed by atoms with Crippen molar-refractivity contribution in [1.29, 1.82) is 0 Å². The number of hydrogen-bond donors (Lipinski definition) is 1. The van der Waals surface area contributed by atoms with Crippen LogP contribution in [-0.2, 0) is 21.7 Å². The van der Waals surface area contributed by atoms with Gasteiger partial charge in [-0.2, -0.15) is 0 Å². The third-order valence-electron chi connectivity index (χ3n) is 5.26. The lowest BCUT2D eigenvalue weighted by atomic mass is 9.86. The zero-order chi connectivity index (χ0) is 18.0. The largest absolute Gasteiger partial charge is 0.352 e. The van der Waals surface area contributed by atoms with Crippen LogP contribution in [0.5, 0.6) is 0 Å². The summed E-state index contributed by atoms with van der Waals surface area (Å²) in [6.07, 6.45) is 5.26. The minimum Gasteiger partial charge on any atom is -0.352 e. The number of amides is 1. The summed E-state index contributed by atoms with van der Waals surface area (Å²) < 4.78 is 25.1. The molecule has 0 aromatic carbocycles. The molecule has 25 heavy (non-hydrogen) atoms. The minimum absolute atomic E-state index is 0.0248. The molecule has 3 rings (SSSR count). The predicted octanol–water partition coefficient (Wildman–Crippen LogP) is 1.50. The summed E-state index contributed by atoms with van der Waals surface area (Å²) in [6.45, 7) is 2.20. The molecule has 2 fully saturated rings. The van der Waals surface area contributed by atoms with Gasteiger partial charge >= 0.3 is 0 Å². The van der Waals surface area contributed by atoms with Crippen LogP contribution in [0.25, 0.3) is 0 Å². The Morgan fingerprint density at radius 3 is 2.72 bits per heavy atom. The fourth-order valence-corrected chi connectivity index (χ4v) is 6.18. The first-order valence-electron chi connectivity index (χ1n) is 8.87. The lowest BCUT2D eigenvalue weighted by Crippen LogP contribution is -2.41. The van der Waals surface area contributed by atoms with Gasteiger partial charge in [0.05, 0.1) is 17.3 Å². The van der Waals surface area contributed by atoms with Crippen molar-refractivity contribution in [3.63, 3.8) is 0 Å². The maximum absolute atomic E-state index is 12.2. The molecular weight excluding hydrogens is 360 g/mol. The average molecular weight is 387 g/mol. The van der Waals surface area contributed by atoms with E-state index in [-0.39, 0.29) is 29.4 Å². The van der Waals surface area contributed by atoms with Crippen LogP contribution in [0.15, 0.2) is 5.16 Å². The molecule has 9 heteroatoms. The van der Waals surface area contributed by atoms with Crippen molar-refractivity contribution in [1.82, 2.24) is 20.1 Å². The standard InChI is InChI=1S/C16H26N4O3S2/c1-11-5-3-4-6-13(11)17-14(21)9-24-16-19-18-15(20(16)2)12-7-8-25(22,23)10-12/h11-13H,3-10H2,1-2H3,(H,17,21)/t11-,12+,13+/m1/s1. The fourth-order valence-electron chi connectivity index (χ4n) is 3.72. The van der Waals surface area contributed by atoms with E-state index in [2.05, 4.69) is 22.4 Å². The first-order chi connectivity index (χ1) is 11.9. The molecule has 1 aromatic heterocycles. The van der Waals surface area contributed by atoms with E-state index in [4.69, 9.17) is 0 Å². The molecule has 1 aromatic rings. The zero-order valence-electron chi connectivity index (χ0n) is 14.8. The fraction of sp³-hybridized carbons (Fsp3) is 0.812. The van der Waals surface area contributed by atoms with Crippen molar-refractivity contribution in [3.05, 3.63) is 5.82 Å². The van der Waals surface area contributed by atoms with Crippen LogP contribution in [0.3, 0.4) is 0 Å². The maximum atomic E-state index is 12.2. The molecule has 0 bridgehead atoms. The highest BCUT2D eigenvalue weighted by Crippen LogP contribution is 2.29. The van der Waals surface area contributed by atoms with Crippen molar-refractivity contribution in [2.75, 3.05) is 17.3 Å². The Hall–Kier alpha value is -1.09. The number of carbonyl (C=O) groups excluding carboxylic acids is 1. The molecule has 0 spiro atoms. The van der Waals surface area contributed by atoms with E-state index in [1.807, 2.05) is 11.6 Å². The van der Waals surface area contributed by atoms with Crippen molar-refractivity contribution in [2.45, 2.75) is 56.1 Å². The molecule has 1 amide bonds. The second kappa shape index (κ2) is 7.65. The first kappa shape index (κ1) is 18.7. The van der Waals surface area contributed by atoms with Crippen molar-refractivity contribution in [2.24, 2.45) is 13.0 Å². The molecule has 1 aliphatic heterocycles. The molecule has 1 saturated heterocycles. The molecule has 2 aliphatic rings. The van der Waals surface area contributed by atoms with Gasteiger partial charge in [0.15, 0.2) is 15.0 Å². The maximum Gasteiger partial charge on any atom is 0.230 e. The van der Waals surface area contributed by atoms with Crippen molar-refractivity contribution >= 4 is 27.5 Å². The SMILES string of the molecule is C[C@@H]1CCCC[C@@H]1NC(=O)CSc1nnc([C@H]2CCS(=O)(=O)C2)n1C. The van der Waals surface area contributed by atoms with E-state index >= 15 is 0 Å². The van der Waals surface area contributed by atoms with Gasteiger partial charge in [-0.25, -0.2) is 8.42 Å². The van der Waals surface area contributed by atoms with Crippen LogP contribution in [0.4, 0.5) is 0 Å². The Morgan fingerprint density at radius 2 is 2.04 bits per heavy atom. The second-order valence-corrected chi connectivity index (χ2v) is 10.4. The number of thioether (sulfide) groups is 1. The molecule has 2 heterocycles. The highest BCUT2D eigenvalue weighted by Gasteiger charge is 2.32. The normalized spacial score (nSPS) is 28.8. The van der Waals surface area contributed by atoms with Crippen molar-refractivity contribution < 1.29 is 13.2 Å². The highest BCUT2D eigenvalue weighted by atomic mass is 32.2. The number of hydrogen-bond acceptors (Lipinski definition) is 6. The molecular formula is C16H26N4O3S2. The molecule has 1 aliphatic carbocycles. The Morgan fingerprint density at radius 1 is 1.28 bits per heavy atom. The van der Waals surface area contributed by atoms with Crippen molar-refractivity contribution in [3.8, 4) is 0 Å². The number of carbonyl (C=O) groups is 1. The first-order valence-corrected chi connectivity index (χ1v) is 11.7. The quantitative estimate of drug-likeness (QED) is 0.771. The van der Waals surface area contributed by atoms with Crippen LogP contribution in [0, 0.1) is 5.92 Å². The molecule has 1 saturated carbocycles. The van der Waals surface area contributed by atoms with Gasteiger partial charge in [0.2, 0.25) is 5.91 Å². The van der Waals surface area contributed by atoms with E-state index in [0.717, 1.165) is 6.42 Å². The summed E-state index contributed by atoms with van der Waals surface area (Å²) in [7, 11) is -1.11. The molecule has 1 N–H and O–H groups in total. The molecule has 3 atom stereocenters. The highest BCUT2D eigenvalue weighted by molar-refractivity contribution is 7.99. The zero-order valence-corrected chi connectivity index (χ0v) is 16.4. The van der Waals surface area contributed by atoms with Crippen LogP contribution < -0.4 is 5.32 Å². The van der Waals surface area contributed by atoms with Gasteiger partial charge in [-0.1, -0.05) is 31.5 Å². The van der Waals surface area contributed by atoms with Gasteiger partial charge in [-0.3, -0.25) is 4.79 Å². The molecule has 140 valence electrons. The van der Waals surface area contributed by atoms with Crippen LogP contribution in [-0.4, -0.2) is 52.4 Å². The third-order valence-corrected chi connectivity index (χ3v) is 8.04. The Labute approximate surface area is 153 Å². The minimum atomic E-state index is -2.95.